The van der Waals surface area contributed by atoms with Gasteiger partial charge >= 0.3 is 0 Å². The number of nitrogens with zero attached hydrogens (tertiary/aromatic N) is 1. The maximum atomic E-state index is 11.0. The number of carboxylic acids is 1. The number of carbonyl (C=O) groups is 1. The fourth-order valence-corrected chi connectivity index (χ4v) is 4.13. The van der Waals surface area contributed by atoms with Crippen LogP contribution < -0.4 is 14.6 Å². The van der Waals surface area contributed by atoms with E-state index in [9.17, 15) is 9.90 Å². The molecule has 5 nitrogen and oxygen atoms in total. The number of ether oxygens (including phenoxy) is 2. The minimum Gasteiger partial charge on any atom is -0.550 e. The van der Waals surface area contributed by atoms with Crippen molar-refractivity contribution in [2.75, 3.05) is 13.7 Å². The Balaban J connectivity index is 2.06. The number of para-hydroxylation sites is 1. The van der Waals surface area contributed by atoms with Crippen LogP contribution in [0.3, 0.4) is 0 Å². The molecule has 0 aliphatic heterocycles. The van der Waals surface area contributed by atoms with Gasteiger partial charge in [0.25, 0.3) is 0 Å². The molecule has 1 heterocycles. The molecule has 0 amide bonds. The molecule has 2 aromatic carbocycles. The molecule has 0 fully saturated rings. The number of hydrogen-bond donors (Lipinski definition) is 0. The summed E-state index contributed by atoms with van der Waals surface area (Å²) in [5.74, 6) is -0.0981. The highest BCUT2D eigenvalue weighted by atomic mass is 35.5. The van der Waals surface area contributed by atoms with Gasteiger partial charge in [-0.15, -0.1) is 11.3 Å². The molecule has 3 aromatic rings. The normalized spacial score (nSPS) is 11.6. The zero-order chi connectivity index (χ0) is 20.1. The van der Waals surface area contributed by atoms with Gasteiger partial charge in [-0.3, -0.25) is 0 Å². The van der Waals surface area contributed by atoms with Crippen LogP contribution in [-0.4, -0.2) is 24.7 Å². The molecule has 0 saturated carbocycles. The maximum absolute atomic E-state index is 11.0. The largest absolute Gasteiger partial charge is 0.550 e. The average Bonchev–Trinajstić information content (AvgIpc) is 3.09. The summed E-state index contributed by atoms with van der Waals surface area (Å²) in [4.78, 5) is 15.7. The number of halogens is 1. The molecule has 0 N–H and O–H groups in total. The maximum Gasteiger partial charge on any atom is 0.179 e. The predicted molar refractivity (Wildman–Crippen MR) is 111 cm³/mol. The Labute approximate surface area is 172 Å². The van der Waals surface area contributed by atoms with Crippen molar-refractivity contribution in [2.24, 2.45) is 0 Å². The van der Waals surface area contributed by atoms with Crippen LogP contribution in [0.4, 0.5) is 0 Å². The van der Waals surface area contributed by atoms with Crippen molar-refractivity contribution >= 4 is 50.8 Å². The molecule has 0 bridgehead atoms. The summed E-state index contributed by atoms with van der Waals surface area (Å²) < 4.78 is 12.0. The van der Waals surface area contributed by atoms with E-state index < -0.39 is 5.97 Å². The Hall–Kier alpha value is -2.57. The smallest absolute Gasteiger partial charge is 0.179 e. The highest BCUT2D eigenvalue weighted by Crippen LogP contribution is 2.38. The van der Waals surface area contributed by atoms with Gasteiger partial charge in [-0.1, -0.05) is 23.7 Å². The van der Waals surface area contributed by atoms with Crippen molar-refractivity contribution in [1.82, 2.24) is 4.98 Å². The number of aliphatic carboxylic acids is 1. The van der Waals surface area contributed by atoms with Gasteiger partial charge in [0.1, 0.15) is 5.01 Å². The van der Waals surface area contributed by atoms with Crippen molar-refractivity contribution in [3.8, 4) is 11.5 Å². The second kappa shape index (κ2) is 9.08. The first-order valence-corrected chi connectivity index (χ1v) is 9.98. The van der Waals surface area contributed by atoms with Gasteiger partial charge in [0.05, 0.1) is 29.0 Å². The van der Waals surface area contributed by atoms with Crippen LogP contribution in [0.5, 0.6) is 11.5 Å². The van der Waals surface area contributed by atoms with Crippen molar-refractivity contribution in [2.45, 2.75) is 19.8 Å². The average molecular weight is 417 g/mol. The number of hydrogen-bond acceptors (Lipinski definition) is 6. The number of allylic oxidation sites excluding steroid dienone is 1. The van der Waals surface area contributed by atoms with Gasteiger partial charge in [-0.2, -0.15) is 0 Å². The molecular weight excluding hydrogens is 398 g/mol. The number of rotatable bonds is 8. The minimum atomic E-state index is -1.10. The van der Waals surface area contributed by atoms with E-state index in [0.29, 0.717) is 29.5 Å². The van der Waals surface area contributed by atoms with E-state index in [1.54, 1.807) is 6.07 Å². The summed E-state index contributed by atoms with van der Waals surface area (Å²) in [5.41, 5.74) is 2.46. The number of aromatic nitrogens is 1. The van der Waals surface area contributed by atoms with Crippen LogP contribution in [0.25, 0.3) is 21.9 Å². The molecule has 3 rings (SSSR count). The van der Waals surface area contributed by atoms with E-state index in [4.69, 9.17) is 21.1 Å². The zero-order valence-electron chi connectivity index (χ0n) is 15.5. The first-order valence-electron chi connectivity index (χ1n) is 8.78. The van der Waals surface area contributed by atoms with E-state index in [-0.39, 0.29) is 6.42 Å². The molecule has 0 radical (unpaired) electrons. The summed E-state index contributed by atoms with van der Waals surface area (Å²) in [6.45, 7) is 2.34. The van der Waals surface area contributed by atoms with Gasteiger partial charge in [0.2, 0.25) is 0 Å². The van der Waals surface area contributed by atoms with Crippen molar-refractivity contribution in [3.05, 3.63) is 52.0 Å². The molecule has 146 valence electrons. The van der Waals surface area contributed by atoms with E-state index >= 15 is 0 Å². The Morgan fingerprint density at radius 1 is 1.29 bits per heavy atom. The standard InChI is InChI=1S/C21H20ClNO4S/c1-3-27-17-12-13(11-15(22)20(17)26-2)10-14(8-9-19(24)25)21-23-16-6-4-5-7-18(16)28-21/h4-7,10-12H,3,8-9H2,1-2H3,(H,24,25)/p-1/b14-10+. The molecule has 0 unspecified atom stereocenters. The van der Waals surface area contributed by atoms with Gasteiger partial charge < -0.3 is 19.4 Å². The molecule has 28 heavy (non-hydrogen) atoms. The zero-order valence-corrected chi connectivity index (χ0v) is 17.1. The number of methoxy groups -OCH3 is 1. The van der Waals surface area contributed by atoms with Crippen LogP contribution in [-0.2, 0) is 4.79 Å². The van der Waals surface area contributed by atoms with E-state index in [0.717, 1.165) is 26.4 Å². The number of benzene rings is 2. The molecule has 0 saturated heterocycles. The molecule has 7 heteroatoms. The third kappa shape index (κ3) is 4.64. The molecule has 1 aromatic heterocycles. The number of carboxylic acid groups (broad SMARTS) is 1. The van der Waals surface area contributed by atoms with Gasteiger partial charge in [-0.25, -0.2) is 4.98 Å². The summed E-state index contributed by atoms with van der Waals surface area (Å²) in [6, 6.07) is 11.4. The Bertz CT molecular complexity index is 995. The lowest BCUT2D eigenvalue weighted by atomic mass is 10.1. The van der Waals surface area contributed by atoms with E-state index in [1.807, 2.05) is 43.3 Å². The number of carbonyl (C=O) groups excluding carboxylic acids is 1. The second-order valence-electron chi connectivity index (χ2n) is 6.00. The Morgan fingerprint density at radius 3 is 2.75 bits per heavy atom. The first-order chi connectivity index (χ1) is 13.5. The number of thiazole rings is 1. The van der Waals surface area contributed by atoms with Crippen LogP contribution in [0.2, 0.25) is 5.02 Å². The van der Waals surface area contributed by atoms with Crippen molar-refractivity contribution < 1.29 is 19.4 Å². The Morgan fingerprint density at radius 2 is 2.07 bits per heavy atom. The highest BCUT2D eigenvalue weighted by molar-refractivity contribution is 7.19. The fraction of sp³-hybridized carbons (Fsp3) is 0.238. The molecule has 0 spiro atoms. The van der Waals surface area contributed by atoms with Crippen LogP contribution in [0.1, 0.15) is 30.3 Å². The lowest BCUT2D eigenvalue weighted by Gasteiger charge is -2.12. The summed E-state index contributed by atoms with van der Waals surface area (Å²) in [7, 11) is 1.53. The third-order valence-electron chi connectivity index (χ3n) is 4.04. The lowest BCUT2D eigenvalue weighted by molar-refractivity contribution is -0.305. The first kappa shape index (κ1) is 20.2. The third-order valence-corrected chi connectivity index (χ3v) is 5.44. The van der Waals surface area contributed by atoms with Crippen molar-refractivity contribution in [3.63, 3.8) is 0 Å². The summed E-state index contributed by atoms with van der Waals surface area (Å²) in [6.07, 6.45) is 2.09. The molecular formula is C21H19ClNO4S-. The van der Waals surface area contributed by atoms with Gasteiger partial charge in [-0.05, 0) is 61.2 Å². The lowest BCUT2D eigenvalue weighted by Crippen LogP contribution is -2.21. The molecule has 0 aliphatic rings. The monoisotopic (exact) mass is 416 g/mol. The van der Waals surface area contributed by atoms with Crippen LogP contribution >= 0.6 is 22.9 Å². The van der Waals surface area contributed by atoms with Crippen molar-refractivity contribution in [1.29, 1.82) is 0 Å². The van der Waals surface area contributed by atoms with Crippen LogP contribution in [0.15, 0.2) is 36.4 Å². The summed E-state index contributed by atoms with van der Waals surface area (Å²) >= 11 is 7.86. The van der Waals surface area contributed by atoms with Gasteiger partial charge in [0.15, 0.2) is 11.5 Å². The van der Waals surface area contributed by atoms with E-state index in [2.05, 4.69) is 4.98 Å². The SMILES string of the molecule is CCOc1cc(/C=C(\CCC(=O)[O-])c2nc3ccccc3s2)cc(Cl)c1OC. The highest BCUT2D eigenvalue weighted by Gasteiger charge is 2.13. The topological polar surface area (TPSA) is 71.5 Å². The van der Waals surface area contributed by atoms with E-state index in [1.165, 1.54) is 18.4 Å². The molecule has 0 atom stereocenters. The predicted octanol–water partition coefficient (Wildman–Crippen LogP) is 4.43. The fourth-order valence-electron chi connectivity index (χ4n) is 2.82. The van der Waals surface area contributed by atoms with Crippen LogP contribution in [0, 0.1) is 0 Å². The molecule has 0 aliphatic carbocycles. The van der Waals surface area contributed by atoms with Gasteiger partial charge in [0, 0.05) is 5.97 Å². The summed E-state index contributed by atoms with van der Waals surface area (Å²) in [5, 5.41) is 12.2. The minimum absolute atomic E-state index is 0.0933. The Kier molecular flexibility index (Phi) is 6.54. The second-order valence-corrected chi connectivity index (χ2v) is 7.43. The quantitative estimate of drug-likeness (QED) is 0.543. The number of fused-ring (bicyclic) bond motifs is 1.